The maximum Gasteiger partial charge on any atom is 0.251 e. The number of amides is 1. The number of benzene rings is 2. The lowest BCUT2D eigenvalue weighted by molar-refractivity contribution is 0.0945. The fourth-order valence-electron chi connectivity index (χ4n) is 3.10. The van der Waals surface area contributed by atoms with Crippen molar-refractivity contribution in [1.82, 2.24) is 5.32 Å². The van der Waals surface area contributed by atoms with Gasteiger partial charge in [0.1, 0.15) is 0 Å². The normalized spacial score (nSPS) is 12.8. The fraction of sp³-hybridized carbons (Fsp3) is 0.458. The highest BCUT2D eigenvalue weighted by Crippen LogP contribution is 2.29. The number of rotatable bonds is 12. The van der Waals surface area contributed by atoms with Crippen molar-refractivity contribution in [1.29, 1.82) is 0 Å². The Labute approximate surface area is 174 Å². The largest absolute Gasteiger partial charge is 0.490 e. The minimum Gasteiger partial charge on any atom is -0.490 e. The molecule has 0 aliphatic heterocycles. The topological polar surface area (TPSA) is 67.8 Å². The van der Waals surface area contributed by atoms with Crippen LogP contribution in [0.2, 0.25) is 0 Å². The molecular formula is C24H33NO4. The second kappa shape index (κ2) is 12.1. The predicted molar refractivity (Wildman–Crippen MR) is 116 cm³/mol. The Morgan fingerprint density at radius 2 is 1.66 bits per heavy atom. The summed E-state index contributed by atoms with van der Waals surface area (Å²) in [5.41, 5.74) is 1.63. The first kappa shape index (κ1) is 22.8. The van der Waals surface area contributed by atoms with Crippen LogP contribution in [-0.4, -0.2) is 36.9 Å². The maximum absolute atomic E-state index is 12.7. The molecule has 2 aromatic carbocycles. The van der Waals surface area contributed by atoms with Gasteiger partial charge >= 0.3 is 0 Å². The summed E-state index contributed by atoms with van der Waals surface area (Å²) < 4.78 is 11.5. The molecule has 0 radical (unpaired) electrons. The van der Waals surface area contributed by atoms with E-state index < -0.39 is 6.10 Å². The summed E-state index contributed by atoms with van der Waals surface area (Å²) in [5.74, 6) is 1.13. The first-order valence-corrected chi connectivity index (χ1v) is 10.5. The fourth-order valence-corrected chi connectivity index (χ4v) is 3.10. The highest BCUT2D eigenvalue weighted by molar-refractivity contribution is 5.94. The molecule has 5 nitrogen and oxygen atoms in total. The van der Waals surface area contributed by atoms with Crippen LogP contribution in [0.4, 0.5) is 0 Å². The van der Waals surface area contributed by atoms with Gasteiger partial charge < -0.3 is 19.9 Å². The van der Waals surface area contributed by atoms with E-state index in [1.807, 2.05) is 44.2 Å². The first-order chi connectivity index (χ1) is 14.0. The summed E-state index contributed by atoms with van der Waals surface area (Å²) >= 11 is 0. The standard InChI is InChI=1S/C24H33NO4/c1-4-13-28-22-12-11-20(16-23(22)29-14-5-2)24(27)25-17-21(15-18(3)26)19-9-7-6-8-10-19/h6-12,16,18,21,26H,4-5,13-15,17H2,1-3H3,(H,25,27)/t18-,21+/m1/s1. The number of hydrogen-bond acceptors (Lipinski definition) is 4. The van der Waals surface area contributed by atoms with Crippen LogP contribution < -0.4 is 14.8 Å². The molecule has 158 valence electrons. The zero-order valence-electron chi connectivity index (χ0n) is 17.7. The molecule has 0 fully saturated rings. The summed E-state index contributed by atoms with van der Waals surface area (Å²) in [6.07, 6.45) is 1.92. The third-order valence-electron chi connectivity index (χ3n) is 4.53. The van der Waals surface area contributed by atoms with Gasteiger partial charge in [-0.15, -0.1) is 0 Å². The Hall–Kier alpha value is -2.53. The molecule has 0 unspecified atom stereocenters. The molecule has 0 aliphatic carbocycles. The van der Waals surface area contributed by atoms with Crippen molar-refractivity contribution in [3.63, 3.8) is 0 Å². The van der Waals surface area contributed by atoms with E-state index in [9.17, 15) is 9.90 Å². The number of carbonyl (C=O) groups excluding carboxylic acids is 1. The summed E-state index contributed by atoms with van der Waals surface area (Å²) in [6, 6.07) is 15.2. The van der Waals surface area contributed by atoms with Crippen molar-refractivity contribution in [2.24, 2.45) is 0 Å². The van der Waals surface area contributed by atoms with Gasteiger partial charge in [0.05, 0.1) is 19.3 Å². The van der Waals surface area contributed by atoms with Gasteiger partial charge in [-0.25, -0.2) is 0 Å². The zero-order chi connectivity index (χ0) is 21.1. The van der Waals surface area contributed by atoms with Gasteiger partial charge in [0.15, 0.2) is 11.5 Å². The smallest absolute Gasteiger partial charge is 0.251 e. The number of carbonyl (C=O) groups is 1. The molecule has 5 heteroatoms. The SMILES string of the molecule is CCCOc1ccc(C(=O)NC[C@H](C[C@@H](C)O)c2ccccc2)cc1OCCC. The summed E-state index contributed by atoms with van der Waals surface area (Å²) in [6.45, 7) is 7.47. The van der Waals surface area contributed by atoms with Crippen LogP contribution in [-0.2, 0) is 0 Å². The molecule has 0 aromatic heterocycles. The number of aliphatic hydroxyl groups is 1. The molecule has 29 heavy (non-hydrogen) atoms. The Bertz CT molecular complexity index is 746. The van der Waals surface area contributed by atoms with E-state index in [0.29, 0.717) is 43.2 Å². The van der Waals surface area contributed by atoms with Crippen molar-refractivity contribution in [3.05, 3.63) is 59.7 Å². The Morgan fingerprint density at radius 1 is 1.00 bits per heavy atom. The number of nitrogens with one attached hydrogen (secondary N) is 1. The van der Waals surface area contributed by atoms with Crippen molar-refractivity contribution in [3.8, 4) is 11.5 Å². The van der Waals surface area contributed by atoms with Gasteiger partial charge in [-0.1, -0.05) is 44.2 Å². The molecule has 2 atom stereocenters. The quantitative estimate of drug-likeness (QED) is 0.549. The molecule has 0 saturated heterocycles. The van der Waals surface area contributed by atoms with Crippen LogP contribution in [0, 0.1) is 0 Å². The van der Waals surface area contributed by atoms with E-state index in [4.69, 9.17) is 9.47 Å². The van der Waals surface area contributed by atoms with E-state index in [2.05, 4.69) is 5.32 Å². The lowest BCUT2D eigenvalue weighted by Gasteiger charge is -2.20. The molecular weight excluding hydrogens is 366 g/mol. The van der Waals surface area contributed by atoms with Gasteiger partial charge in [-0.3, -0.25) is 4.79 Å². The Kier molecular flexibility index (Phi) is 9.51. The molecule has 0 saturated carbocycles. The van der Waals surface area contributed by atoms with Crippen molar-refractivity contribution in [2.75, 3.05) is 19.8 Å². The van der Waals surface area contributed by atoms with Crippen LogP contribution in [0.5, 0.6) is 11.5 Å². The molecule has 2 aromatic rings. The van der Waals surface area contributed by atoms with Gasteiger partial charge in [0.2, 0.25) is 0 Å². The summed E-state index contributed by atoms with van der Waals surface area (Å²) in [7, 11) is 0. The third-order valence-corrected chi connectivity index (χ3v) is 4.53. The average Bonchev–Trinajstić information content (AvgIpc) is 2.74. The van der Waals surface area contributed by atoms with Crippen LogP contribution in [0.25, 0.3) is 0 Å². The van der Waals surface area contributed by atoms with E-state index in [-0.39, 0.29) is 11.8 Å². The van der Waals surface area contributed by atoms with Crippen LogP contribution >= 0.6 is 0 Å². The first-order valence-electron chi connectivity index (χ1n) is 10.5. The van der Waals surface area contributed by atoms with Crippen molar-refractivity contribution in [2.45, 2.75) is 52.1 Å². The van der Waals surface area contributed by atoms with E-state index in [1.165, 1.54) is 0 Å². The number of hydrogen-bond donors (Lipinski definition) is 2. The monoisotopic (exact) mass is 399 g/mol. The van der Waals surface area contributed by atoms with Crippen molar-refractivity contribution >= 4 is 5.91 Å². The van der Waals surface area contributed by atoms with Gasteiger partial charge in [0, 0.05) is 18.0 Å². The molecule has 0 bridgehead atoms. The summed E-state index contributed by atoms with van der Waals surface area (Å²) in [5, 5.41) is 12.8. The molecule has 0 heterocycles. The van der Waals surface area contributed by atoms with Gasteiger partial charge in [-0.05, 0) is 49.9 Å². The average molecular weight is 400 g/mol. The van der Waals surface area contributed by atoms with Crippen LogP contribution in [0.15, 0.2) is 48.5 Å². The minimum absolute atomic E-state index is 0.0446. The summed E-state index contributed by atoms with van der Waals surface area (Å²) in [4.78, 5) is 12.7. The Morgan fingerprint density at radius 3 is 2.28 bits per heavy atom. The second-order valence-corrected chi connectivity index (χ2v) is 7.26. The minimum atomic E-state index is -0.443. The molecule has 0 aliphatic rings. The number of aliphatic hydroxyl groups excluding tert-OH is 1. The van der Waals surface area contributed by atoms with E-state index >= 15 is 0 Å². The lowest BCUT2D eigenvalue weighted by Crippen LogP contribution is -2.29. The van der Waals surface area contributed by atoms with E-state index in [0.717, 1.165) is 18.4 Å². The highest BCUT2D eigenvalue weighted by Gasteiger charge is 2.17. The van der Waals surface area contributed by atoms with Crippen molar-refractivity contribution < 1.29 is 19.4 Å². The Balaban J connectivity index is 2.09. The van der Waals surface area contributed by atoms with Gasteiger partial charge in [-0.2, -0.15) is 0 Å². The molecule has 2 rings (SSSR count). The molecule has 2 N–H and O–H groups in total. The van der Waals surface area contributed by atoms with Gasteiger partial charge in [0.25, 0.3) is 5.91 Å². The maximum atomic E-state index is 12.7. The molecule has 1 amide bonds. The number of ether oxygens (including phenoxy) is 2. The van der Waals surface area contributed by atoms with E-state index in [1.54, 1.807) is 25.1 Å². The molecule has 0 spiro atoms. The van der Waals surface area contributed by atoms with Crippen LogP contribution in [0.3, 0.4) is 0 Å². The second-order valence-electron chi connectivity index (χ2n) is 7.26. The lowest BCUT2D eigenvalue weighted by atomic mass is 9.93. The highest BCUT2D eigenvalue weighted by atomic mass is 16.5. The predicted octanol–water partition coefficient (Wildman–Crippen LogP) is 4.55. The third kappa shape index (κ3) is 7.42. The van der Waals surface area contributed by atoms with Crippen LogP contribution in [0.1, 0.15) is 61.9 Å². The zero-order valence-corrected chi connectivity index (χ0v) is 17.7.